The van der Waals surface area contributed by atoms with Crippen LogP contribution in [0.1, 0.15) is 10.6 Å². The van der Waals surface area contributed by atoms with E-state index < -0.39 is 32.5 Å². The number of rotatable bonds is 6. The highest BCUT2D eigenvalue weighted by atomic mass is 32.2. The first-order chi connectivity index (χ1) is 10.4. The fraction of sp³-hybridized carbons (Fsp3) is 0.154. The molecule has 0 spiro atoms. The van der Waals surface area contributed by atoms with Gasteiger partial charge < -0.3 is 9.73 Å². The van der Waals surface area contributed by atoms with Crippen LogP contribution in [-0.2, 0) is 10.0 Å². The van der Waals surface area contributed by atoms with Crippen molar-refractivity contribution in [2.45, 2.75) is 4.90 Å². The number of carbonyl (C=O) groups is 1. The van der Waals surface area contributed by atoms with Crippen LogP contribution in [0.2, 0.25) is 0 Å². The maximum Gasteiger partial charge on any atom is 0.287 e. The van der Waals surface area contributed by atoms with Crippen LogP contribution in [0.15, 0.2) is 45.9 Å². The lowest BCUT2D eigenvalue weighted by atomic mass is 10.3. The van der Waals surface area contributed by atoms with E-state index in [1.165, 1.54) is 18.4 Å². The summed E-state index contributed by atoms with van der Waals surface area (Å²) in [5, 5.41) is 2.42. The molecule has 1 aromatic carbocycles. The van der Waals surface area contributed by atoms with Crippen LogP contribution >= 0.6 is 0 Å². The summed E-state index contributed by atoms with van der Waals surface area (Å²) in [6, 6.07) is 4.97. The molecule has 1 amide bonds. The fourth-order valence-electron chi connectivity index (χ4n) is 1.62. The van der Waals surface area contributed by atoms with E-state index in [-0.39, 0.29) is 18.8 Å². The van der Waals surface area contributed by atoms with E-state index in [0.717, 1.165) is 0 Å². The smallest absolute Gasteiger partial charge is 0.287 e. The lowest BCUT2D eigenvalue weighted by Crippen LogP contribution is -2.34. The number of amides is 1. The van der Waals surface area contributed by atoms with Crippen LogP contribution in [-0.4, -0.2) is 27.4 Å². The van der Waals surface area contributed by atoms with Crippen LogP contribution < -0.4 is 10.0 Å². The van der Waals surface area contributed by atoms with E-state index in [1.54, 1.807) is 0 Å². The van der Waals surface area contributed by atoms with Crippen LogP contribution in [0.4, 0.5) is 8.78 Å². The Balaban J connectivity index is 1.89. The monoisotopic (exact) mass is 330 g/mol. The predicted molar refractivity (Wildman–Crippen MR) is 72.6 cm³/mol. The van der Waals surface area contributed by atoms with Crippen molar-refractivity contribution in [2.24, 2.45) is 0 Å². The van der Waals surface area contributed by atoms with Gasteiger partial charge in [0.15, 0.2) is 5.76 Å². The Kier molecular flexibility index (Phi) is 4.88. The molecule has 0 atom stereocenters. The van der Waals surface area contributed by atoms with Crippen molar-refractivity contribution >= 4 is 15.9 Å². The maximum atomic E-state index is 13.0. The average Bonchev–Trinajstić information content (AvgIpc) is 2.96. The van der Waals surface area contributed by atoms with Gasteiger partial charge in [-0.15, -0.1) is 0 Å². The Bertz CT molecular complexity index is 740. The van der Waals surface area contributed by atoms with Gasteiger partial charge in [-0.05, 0) is 24.3 Å². The molecule has 9 heteroatoms. The Morgan fingerprint density at radius 2 is 1.82 bits per heavy atom. The normalized spacial score (nSPS) is 11.4. The van der Waals surface area contributed by atoms with Gasteiger partial charge in [0.2, 0.25) is 10.0 Å². The minimum absolute atomic E-state index is 0.0173. The van der Waals surface area contributed by atoms with Crippen molar-refractivity contribution in [1.29, 1.82) is 0 Å². The minimum Gasteiger partial charge on any atom is -0.459 e. The summed E-state index contributed by atoms with van der Waals surface area (Å²) < 4.78 is 56.7. The molecule has 0 bridgehead atoms. The van der Waals surface area contributed by atoms with E-state index >= 15 is 0 Å². The van der Waals surface area contributed by atoms with Gasteiger partial charge in [0.05, 0.1) is 11.2 Å². The third-order valence-electron chi connectivity index (χ3n) is 2.59. The maximum absolute atomic E-state index is 13.0. The van der Waals surface area contributed by atoms with Crippen molar-refractivity contribution in [1.82, 2.24) is 10.0 Å². The lowest BCUT2D eigenvalue weighted by Gasteiger charge is -2.07. The minimum atomic E-state index is -4.06. The molecule has 2 N–H and O–H groups in total. The molecule has 22 heavy (non-hydrogen) atoms. The molecule has 0 aliphatic rings. The van der Waals surface area contributed by atoms with Gasteiger partial charge in [-0.1, -0.05) is 0 Å². The molecule has 6 nitrogen and oxygen atoms in total. The fourth-order valence-corrected chi connectivity index (χ4v) is 2.70. The molecule has 0 unspecified atom stereocenters. The summed E-state index contributed by atoms with van der Waals surface area (Å²) in [5.74, 6) is -2.39. The van der Waals surface area contributed by atoms with E-state index in [4.69, 9.17) is 4.42 Å². The number of nitrogens with one attached hydrogen (secondary N) is 2. The first kappa shape index (κ1) is 16.1. The van der Waals surface area contributed by atoms with Crippen molar-refractivity contribution < 1.29 is 26.4 Å². The molecule has 0 aliphatic heterocycles. The lowest BCUT2D eigenvalue weighted by molar-refractivity contribution is 0.0926. The quantitative estimate of drug-likeness (QED) is 0.781. The summed E-state index contributed by atoms with van der Waals surface area (Å²) in [6.45, 7) is -0.163. The molecule has 118 valence electrons. The summed E-state index contributed by atoms with van der Waals surface area (Å²) in [7, 11) is -4.06. The van der Waals surface area contributed by atoms with Crippen LogP contribution in [0.5, 0.6) is 0 Å². The Morgan fingerprint density at radius 1 is 1.14 bits per heavy atom. The number of benzene rings is 1. The highest BCUT2D eigenvalue weighted by Crippen LogP contribution is 2.13. The first-order valence-electron chi connectivity index (χ1n) is 6.16. The zero-order valence-electron chi connectivity index (χ0n) is 11.2. The standard InChI is InChI=1S/C13H12F2N2O4S/c14-9-6-10(15)8-11(7-9)22(19,20)17-4-3-16-13(18)12-2-1-5-21-12/h1-2,5-8,17H,3-4H2,(H,16,18). The Labute approximate surface area is 125 Å². The van der Waals surface area contributed by atoms with Gasteiger partial charge in [0.25, 0.3) is 5.91 Å². The molecule has 1 heterocycles. The second-order valence-electron chi connectivity index (χ2n) is 4.24. The molecule has 0 fully saturated rings. The second-order valence-corrected chi connectivity index (χ2v) is 6.00. The predicted octanol–water partition coefficient (Wildman–Crippen LogP) is 1.27. The number of halogens is 2. The molecule has 0 saturated heterocycles. The molecule has 2 aromatic rings. The highest BCUT2D eigenvalue weighted by molar-refractivity contribution is 7.89. The number of sulfonamides is 1. The SMILES string of the molecule is O=C(NCCNS(=O)(=O)c1cc(F)cc(F)c1)c1ccco1. The van der Waals surface area contributed by atoms with Gasteiger partial charge in [-0.25, -0.2) is 21.9 Å². The van der Waals surface area contributed by atoms with Crippen LogP contribution in [0.25, 0.3) is 0 Å². The third kappa shape index (κ3) is 4.12. The Morgan fingerprint density at radius 3 is 2.41 bits per heavy atom. The van der Waals surface area contributed by atoms with Gasteiger partial charge >= 0.3 is 0 Å². The number of hydrogen-bond acceptors (Lipinski definition) is 4. The van der Waals surface area contributed by atoms with E-state index in [0.29, 0.717) is 18.2 Å². The van der Waals surface area contributed by atoms with Gasteiger partial charge in [0.1, 0.15) is 11.6 Å². The van der Waals surface area contributed by atoms with Crippen molar-refractivity contribution in [3.63, 3.8) is 0 Å². The van der Waals surface area contributed by atoms with E-state index in [9.17, 15) is 22.0 Å². The molecular formula is C13H12F2N2O4S. The molecule has 0 saturated carbocycles. The van der Waals surface area contributed by atoms with Gasteiger partial charge in [-0.2, -0.15) is 0 Å². The van der Waals surface area contributed by atoms with Crippen molar-refractivity contribution in [2.75, 3.05) is 13.1 Å². The zero-order valence-corrected chi connectivity index (χ0v) is 12.0. The number of hydrogen-bond donors (Lipinski definition) is 2. The third-order valence-corrected chi connectivity index (χ3v) is 4.03. The second kappa shape index (κ2) is 6.67. The molecule has 1 aromatic heterocycles. The van der Waals surface area contributed by atoms with E-state index in [2.05, 4.69) is 10.0 Å². The van der Waals surface area contributed by atoms with Gasteiger partial charge in [-0.3, -0.25) is 4.79 Å². The summed E-state index contributed by atoms with van der Waals surface area (Å²) in [5.41, 5.74) is 0. The Hall–Kier alpha value is -2.26. The largest absolute Gasteiger partial charge is 0.459 e. The average molecular weight is 330 g/mol. The summed E-state index contributed by atoms with van der Waals surface area (Å²) in [6.07, 6.45) is 1.33. The first-order valence-corrected chi connectivity index (χ1v) is 7.64. The molecule has 2 rings (SSSR count). The summed E-state index contributed by atoms with van der Waals surface area (Å²) in [4.78, 5) is 11.0. The van der Waals surface area contributed by atoms with Crippen LogP contribution in [0.3, 0.4) is 0 Å². The number of furan rings is 1. The summed E-state index contributed by atoms with van der Waals surface area (Å²) >= 11 is 0. The van der Waals surface area contributed by atoms with Gasteiger partial charge in [0, 0.05) is 19.2 Å². The topological polar surface area (TPSA) is 88.4 Å². The zero-order chi connectivity index (χ0) is 16.2. The molecule has 0 radical (unpaired) electrons. The van der Waals surface area contributed by atoms with Crippen molar-refractivity contribution in [3.8, 4) is 0 Å². The highest BCUT2D eigenvalue weighted by Gasteiger charge is 2.16. The molecule has 0 aliphatic carbocycles. The molecular weight excluding hydrogens is 318 g/mol. The number of carbonyl (C=O) groups excluding carboxylic acids is 1. The van der Waals surface area contributed by atoms with Crippen molar-refractivity contribution in [3.05, 3.63) is 54.0 Å². The van der Waals surface area contributed by atoms with Crippen LogP contribution in [0, 0.1) is 11.6 Å². The van der Waals surface area contributed by atoms with E-state index in [1.807, 2.05) is 0 Å².